The van der Waals surface area contributed by atoms with Crippen LogP contribution in [0.2, 0.25) is 5.02 Å². The number of hydrogen-bond donors (Lipinski definition) is 2. The second kappa shape index (κ2) is 12.6. The molecule has 206 valence electrons. The van der Waals surface area contributed by atoms with Gasteiger partial charge < -0.3 is 14.5 Å². The molecule has 0 bridgehead atoms. The van der Waals surface area contributed by atoms with E-state index in [4.69, 9.17) is 21.1 Å². The summed E-state index contributed by atoms with van der Waals surface area (Å²) in [5, 5.41) is 5.51. The Morgan fingerprint density at radius 3 is 2.44 bits per heavy atom. The number of ether oxygens (including phenoxy) is 2. The van der Waals surface area contributed by atoms with Gasteiger partial charge in [-0.1, -0.05) is 57.9 Å². The van der Waals surface area contributed by atoms with Crippen molar-refractivity contribution < 1.29 is 19.1 Å². The average Bonchev–Trinajstić information content (AvgIpc) is 3.36. The zero-order valence-corrected chi connectivity index (χ0v) is 26.7. The summed E-state index contributed by atoms with van der Waals surface area (Å²) < 4.78 is 12.9. The number of rotatable bonds is 7. The van der Waals surface area contributed by atoms with E-state index in [1.165, 1.54) is 6.21 Å². The number of hydrogen-bond acceptors (Lipinski definition) is 5. The number of carbonyl (C=O) groups excluding carboxylic acids is 2. The summed E-state index contributed by atoms with van der Waals surface area (Å²) in [6.07, 6.45) is 1.40. The van der Waals surface area contributed by atoms with Crippen LogP contribution in [0.1, 0.15) is 26.4 Å². The first-order valence-electron chi connectivity index (χ1n) is 12.0. The second-order valence-corrected chi connectivity index (χ2v) is 11.7. The minimum atomic E-state index is -0.567. The van der Waals surface area contributed by atoms with Gasteiger partial charge in [0.25, 0.3) is 5.91 Å². The largest absolute Gasteiger partial charge is 0.497 e. The Balaban J connectivity index is 1.44. The Kier molecular flexibility index (Phi) is 8.94. The van der Waals surface area contributed by atoms with Gasteiger partial charge in [0.1, 0.15) is 11.4 Å². The highest BCUT2D eigenvalue weighted by atomic mass is 79.9. The highest BCUT2D eigenvalue weighted by Crippen LogP contribution is 2.39. The molecule has 41 heavy (non-hydrogen) atoms. The molecule has 1 heterocycles. The molecule has 0 aliphatic rings. The number of H-pyrrole nitrogens is 1. The van der Waals surface area contributed by atoms with Gasteiger partial charge in [-0.15, -0.1) is 0 Å². The van der Waals surface area contributed by atoms with Crippen molar-refractivity contribution in [1.82, 2.24) is 10.4 Å². The molecule has 0 aliphatic heterocycles. The maximum absolute atomic E-state index is 13.4. The number of hydrazone groups is 1. The summed E-state index contributed by atoms with van der Waals surface area (Å²) in [5.41, 5.74) is 5.76. The lowest BCUT2D eigenvalue weighted by atomic mass is 10.0. The number of fused-ring (bicyclic) bond motifs is 1. The van der Waals surface area contributed by atoms with Crippen molar-refractivity contribution in [3.05, 3.63) is 114 Å². The van der Waals surface area contributed by atoms with Crippen molar-refractivity contribution in [1.29, 1.82) is 0 Å². The van der Waals surface area contributed by atoms with Gasteiger partial charge in [0.05, 0.1) is 28.9 Å². The van der Waals surface area contributed by atoms with Gasteiger partial charge in [0.15, 0.2) is 5.75 Å². The van der Waals surface area contributed by atoms with Crippen molar-refractivity contribution >= 4 is 88.4 Å². The van der Waals surface area contributed by atoms with Gasteiger partial charge in [-0.05, 0) is 80.4 Å². The zero-order valence-electron chi connectivity index (χ0n) is 21.2. The average molecular weight is 761 g/mol. The lowest BCUT2D eigenvalue weighted by Crippen LogP contribution is -2.19. The van der Waals surface area contributed by atoms with Crippen LogP contribution >= 0.6 is 59.4 Å². The molecule has 0 fully saturated rings. The number of carbonyl (C=O) groups is 2. The number of methoxy groups -OCH3 is 1. The third-order valence-electron chi connectivity index (χ3n) is 6.08. The molecule has 2 N–H and O–H groups in total. The number of esters is 1. The molecule has 7 nitrogen and oxygen atoms in total. The van der Waals surface area contributed by atoms with Crippen LogP contribution in [-0.4, -0.2) is 30.2 Å². The number of nitrogens with one attached hydrogen (secondary N) is 2. The fourth-order valence-corrected chi connectivity index (χ4v) is 6.21. The van der Waals surface area contributed by atoms with Crippen LogP contribution in [0.5, 0.6) is 11.5 Å². The molecule has 1 aromatic heterocycles. The standard InChI is InChI=1S/C30H19Br3ClN3O4/c1-40-19-11-9-16(10-12-19)30(39)41-28-17(13-18(31)14-23(28)33)15-35-37-29(38)27-25(20-5-2-3-8-24(20)34)21-6-4-7-22(32)26(21)36-27/h2-15,36H,1H3,(H,37,38). The smallest absolute Gasteiger partial charge is 0.343 e. The minimum absolute atomic E-state index is 0.235. The highest BCUT2D eigenvalue weighted by molar-refractivity contribution is 9.11. The Bertz CT molecular complexity index is 1820. The van der Waals surface area contributed by atoms with E-state index in [-0.39, 0.29) is 5.75 Å². The van der Waals surface area contributed by atoms with E-state index in [1.54, 1.807) is 49.6 Å². The number of halogens is 4. The fraction of sp³-hybridized carbons (Fsp3) is 0.0333. The van der Waals surface area contributed by atoms with E-state index >= 15 is 0 Å². The topological polar surface area (TPSA) is 92.8 Å². The van der Waals surface area contributed by atoms with E-state index in [0.717, 1.165) is 15.4 Å². The number of aromatic amines is 1. The maximum atomic E-state index is 13.4. The van der Waals surface area contributed by atoms with E-state index in [0.29, 0.717) is 47.7 Å². The van der Waals surface area contributed by atoms with Crippen LogP contribution in [0.25, 0.3) is 22.0 Å². The summed E-state index contributed by atoms with van der Waals surface area (Å²) >= 11 is 17.0. The minimum Gasteiger partial charge on any atom is -0.497 e. The number of nitrogens with zero attached hydrogens (tertiary/aromatic N) is 1. The molecule has 5 aromatic rings. The van der Waals surface area contributed by atoms with Crippen molar-refractivity contribution in [2.75, 3.05) is 7.11 Å². The van der Waals surface area contributed by atoms with Crippen LogP contribution < -0.4 is 14.9 Å². The molecule has 0 aliphatic carbocycles. The lowest BCUT2D eigenvalue weighted by Gasteiger charge is -2.11. The highest BCUT2D eigenvalue weighted by Gasteiger charge is 2.22. The number of benzene rings is 4. The Labute approximate surface area is 265 Å². The molecule has 11 heteroatoms. The predicted octanol–water partition coefficient (Wildman–Crippen LogP) is 8.77. The molecular weight excluding hydrogens is 742 g/mol. The van der Waals surface area contributed by atoms with Gasteiger partial charge in [0, 0.05) is 36.0 Å². The van der Waals surface area contributed by atoms with Crippen LogP contribution in [-0.2, 0) is 0 Å². The summed E-state index contributed by atoms with van der Waals surface area (Å²) in [6, 6.07) is 23.0. The first kappa shape index (κ1) is 29.1. The molecule has 0 saturated heterocycles. The van der Waals surface area contributed by atoms with Crippen molar-refractivity contribution in [2.45, 2.75) is 0 Å². The third-order valence-corrected chi connectivity index (χ3v) is 8.12. The summed E-state index contributed by atoms with van der Waals surface area (Å²) in [6.45, 7) is 0. The van der Waals surface area contributed by atoms with Crippen LogP contribution in [0.15, 0.2) is 97.4 Å². The number of para-hydroxylation sites is 1. The predicted molar refractivity (Wildman–Crippen MR) is 171 cm³/mol. The van der Waals surface area contributed by atoms with Gasteiger partial charge >= 0.3 is 5.97 Å². The van der Waals surface area contributed by atoms with E-state index in [1.807, 2.05) is 36.4 Å². The van der Waals surface area contributed by atoms with Gasteiger partial charge in [-0.2, -0.15) is 5.10 Å². The Morgan fingerprint density at radius 2 is 1.71 bits per heavy atom. The summed E-state index contributed by atoms with van der Waals surface area (Å²) in [7, 11) is 1.55. The number of aromatic nitrogens is 1. The van der Waals surface area contributed by atoms with Gasteiger partial charge in [-0.25, -0.2) is 10.2 Å². The van der Waals surface area contributed by atoms with E-state index in [2.05, 4.69) is 63.3 Å². The molecular formula is C30H19Br3ClN3O4. The van der Waals surface area contributed by atoms with E-state index in [9.17, 15) is 9.59 Å². The molecule has 1 amide bonds. The summed E-state index contributed by atoms with van der Waals surface area (Å²) in [4.78, 5) is 29.5. The number of amides is 1. The quantitative estimate of drug-likeness (QED) is 0.0752. The molecule has 0 atom stereocenters. The van der Waals surface area contributed by atoms with Gasteiger partial charge in [0.2, 0.25) is 0 Å². The molecule has 0 unspecified atom stereocenters. The van der Waals surface area contributed by atoms with Crippen LogP contribution in [0.4, 0.5) is 0 Å². The molecule has 0 spiro atoms. The molecule has 4 aromatic carbocycles. The Morgan fingerprint density at radius 1 is 0.951 bits per heavy atom. The summed E-state index contributed by atoms with van der Waals surface area (Å²) in [5.74, 6) is -0.194. The maximum Gasteiger partial charge on any atom is 0.343 e. The molecule has 0 saturated carbocycles. The van der Waals surface area contributed by atoms with Crippen molar-refractivity contribution in [3.8, 4) is 22.6 Å². The van der Waals surface area contributed by atoms with Gasteiger partial charge in [-0.3, -0.25) is 4.79 Å². The Hall–Kier alpha value is -3.44. The third kappa shape index (κ3) is 6.25. The monoisotopic (exact) mass is 757 g/mol. The van der Waals surface area contributed by atoms with Crippen molar-refractivity contribution in [3.63, 3.8) is 0 Å². The molecule has 0 radical (unpaired) electrons. The van der Waals surface area contributed by atoms with E-state index < -0.39 is 11.9 Å². The second-order valence-electron chi connectivity index (χ2n) is 8.64. The van der Waals surface area contributed by atoms with Crippen molar-refractivity contribution in [2.24, 2.45) is 5.10 Å². The SMILES string of the molecule is COc1ccc(C(=O)Oc2c(Br)cc(Br)cc2C=NNC(=O)c2[nH]c3c(Br)cccc3c2-c2ccccc2Cl)cc1. The van der Waals surface area contributed by atoms with Crippen LogP contribution in [0, 0.1) is 0 Å². The lowest BCUT2D eigenvalue weighted by molar-refractivity contribution is 0.0732. The molecule has 5 rings (SSSR count). The first-order chi connectivity index (χ1) is 19.8. The zero-order chi connectivity index (χ0) is 29.1. The fourth-order valence-electron chi connectivity index (χ4n) is 4.17. The first-order valence-corrected chi connectivity index (χ1v) is 14.8. The van der Waals surface area contributed by atoms with Crippen LogP contribution in [0.3, 0.4) is 0 Å². The normalized spacial score (nSPS) is 11.1.